The van der Waals surface area contributed by atoms with E-state index < -0.39 is 0 Å². The van der Waals surface area contributed by atoms with Crippen molar-refractivity contribution in [3.05, 3.63) is 62.2 Å². The lowest BCUT2D eigenvalue weighted by atomic mass is 10.1. The van der Waals surface area contributed by atoms with Gasteiger partial charge in [0.05, 0.1) is 23.6 Å². The first-order chi connectivity index (χ1) is 14.0. The zero-order valence-corrected chi connectivity index (χ0v) is 17.9. The van der Waals surface area contributed by atoms with Gasteiger partial charge in [-0.15, -0.1) is 0 Å². The summed E-state index contributed by atoms with van der Waals surface area (Å²) in [6, 6.07) is 12.0. The molecule has 3 aromatic rings. The van der Waals surface area contributed by atoms with Crippen LogP contribution in [0.2, 0.25) is 5.02 Å². The highest BCUT2D eigenvalue weighted by Crippen LogP contribution is 2.32. The van der Waals surface area contributed by atoms with Crippen LogP contribution in [0.3, 0.4) is 0 Å². The van der Waals surface area contributed by atoms with Gasteiger partial charge < -0.3 is 18.6 Å². The second-order valence-electron chi connectivity index (χ2n) is 6.04. The van der Waals surface area contributed by atoms with E-state index in [9.17, 15) is 9.59 Å². The Hall–Kier alpha value is -2.35. The summed E-state index contributed by atoms with van der Waals surface area (Å²) in [6.45, 7) is 2.62. The summed E-state index contributed by atoms with van der Waals surface area (Å²) in [4.78, 5) is 23.0. The Balaban J connectivity index is 1.62. The second kappa shape index (κ2) is 9.91. The van der Waals surface area contributed by atoms with Gasteiger partial charge in [0.15, 0.2) is 11.0 Å². The molecule has 0 amide bonds. The molecule has 0 radical (unpaired) electrons. The smallest absolute Gasteiger partial charge is 0.302 e. The van der Waals surface area contributed by atoms with Crippen molar-refractivity contribution in [2.45, 2.75) is 6.92 Å². The third-order valence-electron chi connectivity index (χ3n) is 3.96. The van der Waals surface area contributed by atoms with Crippen molar-refractivity contribution in [2.24, 2.45) is 0 Å². The van der Waals surface area contributed by atoms with E-state index in [1.807, 2.05) is 0 Å². The monoisotopic (exact) mass is 480 g/mol. The maximum Gasteiger partial charge on any atom is 0.302 e. The van der Waals surface area contributed by atoms with Crippen LogP contribution < -0.4 is 10.2 Å². The van der Waals surface area contributed by atoms with Gasteiger partial charge in [-0.2, -0.15) is 0 Å². The number of carbonyl (C=O) groups excluding carboxylic acids is 1. The molecule has 0 spiro atoms. The summed E-state index contributed by atoms with van der Waals surface area (Å²) in [5.41, 5.74) is 0.904. The van der Waals surface area contributed by atoms with Crippen molar-refractivity contribution >= 4 is 44.5 Å². The molecule has 8 heteroatoms. The van der Waals surface area contributed by atoms with Crippen LogP contribution in [0, 0.1) is 0 Å². The average molecular weight is 482 g/mol. The minimum Gasteiger partial charge on any atom is -0.491 e. The van der Waals surface area contributed by atoms with Crippen LogP contribution in [-0.2, 0) is 14.3 Å². The number of hydrogen-bond acceptors (Lipinski definition) is 6. The molecule has 0 aliphatic heterocycles. The number of benzene rings is 2. The maximum absolute atomic E-state index is 12.4. The van der Waals surface area contributed by atoms with E-state index in [0.29, 0.717) is 51.8 Å². The second-order valence-corrected chi connectivity index (χ2v) is 7.27. The molecule has 3 rings (SSSR count). The van der Waals surface area contributed by atoms with Gasteiger partial charge in [-0.3, -0.25) is 9.59 Å². The van der Waals surface area contributed by atoms with E-state index in [4.69, 9.17) is 30.2 Å². The van der Waals surface area contributed by atoms with Crippen molar-refractivity contribution in [1.82, 2.24) is 0 Å². The van der Waals surface area contributed by atoms with Crippen molar-refractivity contribution in [1.29, 1.82) is 0 Å². The molecular formula is C21H18BrClO6. The summed E-state index contributed by atoms with van der Waals surface area (Å²) < 4.78 is 22.2. The summed E-state index contributed by atoms with van der Waals surface area (Å²) >= 11 is 9.60. The molecule has 0 unspecified atom stereocenters. The van der Waals surface area contributed by atoms with Gasteiger partial charge in [-0.1, -0.05) is 11.6 Å². The van der Waals surface area contributed by atoms with Gasteiger partial charge >= 0.3 is 5.97 Å². The van der Waals surface area contributed by atoms with Crippen molar-refractivity contribution in [2.75, 3.05) is 26.4 Å². The highest BCUT2D eigenvalue weighted by molar-refractivity contribution is 9.10. The third-order valence-corrected chi connectivity index (χ3v) is 5.22. The molecule has 0 N–H and O–H groups in total. The Morgan fingerprint density at radius 3 is 2.52 bits per heavy atom. The fourth-order valence-corrected chi connectivity index (χ4v) is 3.10. The lowest BCUT2D eigenvalue weighted by Gasteiger charge is -2.09. The molecule has 0 aliphatic carbocycles. The number of carbonyl (C=O) groups is 1. The standard InChI is InChI=1S/C21H18BrClO6/c1-13(24)27-10-8-26-9-11-28-15-4-2-14(3-5-15)19-12-18(25)16-6-7-17(22)20(23)21(16)29-19/h2-7,12H,8-11H2,1H3. The third kappa shape index (κ3) is 5.59. The Kier molecular flexibility index (Phi) is 7.30. The molecule has 152 valence electrons. The van der Waals surface area contributed by atoms with E-state index in [2.05, 4.69) is 15.9 Å². The van der Waals surface area contributed by atoms with Crippen LogP contribution in [0.15, 0.2) is 56.1 Å². The minimum absolute atomic E-state index is 0.165. The van der Waals surface area contributed by atoms with E-state index in [-0.39, 0.29) is 18.0 Å². The van der Waals surface area contributed by atoms with Gasteiger partial charge in [0, 0.05) is 23.0 Å². The zero-order valence-electron chi connectivity index (χ0n) is 15.6. The highest BCUT2D eigenvalue weighted by Gasteiger charge is 2.12. The average Bonchev–Trinajstić information content (AvgIpc) is 2.70. The molecular weight excluding hydrogens is 464 g/mol. The molecule has 29 heavy (non-hydrogen) atoms. The van der Waals surface area contributed by atoms with E-state index in [1.54, 1.807) is 36.4 Å². The summed E-state index contributed by atoms with van der Waals surface area (Å²) in [5, 5.41) is 0.783. The molecule has 0 atom stereocenters. The Morgan fingerprint density at radius 1 is 1.07 bits per heavy atom. The molecule has 2 aromatic carbocycles. The zero-order chi connectivity index (χ0) is 20.8. The topological polar surface area (TPSA) is 75.0 Å². The minimum atomic E-state index is -0.331. The van der Waals surface area contributed by atoms with Gasteiger partial charge in [-0.25, -0.2) is 0 Å². The SMILES string of the molecule is CC(=O)OCCOCCOc1ccc(-c2cc(=O)c3ccc(Br)c(Cl)c3o2)cc1. The van der Waals surface area contributed by atoms with Crippen LogP contribution in [-0.4, -0.2) is 32.4 Å². The van der Waals surface area contributed by atoms with E-state index >= 15 is 0 Å². The van der Waals surface area contributed by atoms with Gasteiger partial charge in [0.25, 0.3) is 0 Å². The van der Waals surface area contributed by atoms with E-state index in [0.717, 1.165) is 5.56 Å². The lowest BCUT2D eigenvalue weighted by Crippen LogP contribution is -2.12. The molecule has 0 saturated heterocycles. The van der Waals surface area contributed by atoms with Crippen LogP contribution in [0.1, 0.15) is 6.92 Å². The molecule has 0 bridgehead atoms. The van der Waals surface area contributed by atoms with Gasteiger partial charge in [-0.05, 0) is 52.3 Å². The normalized spacial score (nSPS) is 10.9. The van der Waals surface area contributed by atoms with Crippen molar-refractivity contribution in [3.8, 4) is 17.1 Å². The van der Waals surface area contributed by atoms with Crippen LogP contribution >= 0.6 is 27.5 Å². The van der Waals surface area contributed by atoms with Crippen molar-refractivity contribution < 1.29 is 23.4 Å². The largest absolute Gasteiger partial charge is 0.491 e. The number of halogens is 2. The predicted octanol–water partition coefficient (Wildman–Crippen LogP) is 4.83. The molecule has 0 saturated carbocycles. The lowest BCUT2D eigenvalue weighted by molar-refractivity contribution is -0.142. The van der Waals surface area contributed by atoms with E-state index in [1.165, 1.54) is 13.0 Å². The number of ether oxygens (including phenoxy) is 3. The number of fused-ring (bicyclic) bond motifs is 1. The molecule has 0 aliphatic rings. The summed E-state index contributed by atoms with van der Waals surface area (Å²) in [7, 11) is 0. The van der Waals surface area contributed by atoms with Crippen LogP contribution in [0.4, 0.5) is 0 Å². The number of hydrogen-bond donors (Lipinski definition) is 0. The molecule has 6 nitrogen and oxygen atoms in total. The first-order valence-electron chi connectivity index (χ1n) is 8.82. The summed E-state index contributed by atoms with van der Waals surface area (Å²) in [6.07, 6.45) is 0. The first-order valence-corrected chi connectivity index (χ1v) is 9.99. The molecule has 1 aromatic heterocycles. The van der Waals surface area contributed by atoms with Gasteiger partial charge in [0.2, 0.25) is 0 Å². The Bertz CT molecular complexity index is 1060. The van der Waals surface area contributed by atoms with Crippen LogP contribution in [0.25, 0.3) is 22.3 Å². The first kappa shape index (κ1) is 21.4. The number of esters is 1. The number of rotatable bonds is 8. The summed E-state index contributed by atoms with van der Waals surface area (Å²) in [5.74, 6) is 0.742. The van der Waals surface area contributed by atoms with Crippen molar-refractivity contribution in [3.63, 3.8) is 0 Å². The molecule has 1 heterocycles. The Morgan fingerprint density at radius 2 is 1.79 bits per heavy atom. The van der Waals surface area contributed by atoms with Gasteiger partial charge in [0.1, 0.15) is 24.7 Å². The fourth-order valence-electron chi connectivity index (χ4n) is 2.58. The Labute approximate surface area is 180 Å². The quantitative estimate of drug-likeness (QED) is 0.339. The fraction of sp³-hybridized carbons (Fsp3) is 0.238. The highest BCUT2D eigenvalue weighted by atomic mass is 79.9. The van der Waals surface area contributed by atoms with Crippen LogP contribution in [0.5, 0.6) is 5.75 Å². The molecule has 0 fully saturated rings. The predicted molar refractivity (Wildman–Crippen MR) is 114 cm³/mol. The maximum atomic E-state index is 12.4.